The van der Waals surface area contributed by atoms with Gasteiger partial charge in [-0.3, -0.25) is 4.79 Å². The number of sulfonamides is 1. The number of nitrogens with zero attached hydrogens (tertiary/aromatic N) is 2. The molecule has 9 heteroatoms. The van der Waals surface area contributed by atoms with E-state index in [4.69, 9.17) is 0 Å². The molecule has 142 valence electrons. The largest absolute Gasteiger partial charge is 0.301 e. The molecule has 1 amide bonds. The number of para-hydroxylation sites is 1. The monoisotopic (exact) mass is 421 g/mol. The number of carbonyl (C=O) groups excluding carboxylic acids is 1. The molecule has 1 atom stereocenters. The molecule has 0 spiro atoms. The maximum Gasteiger partial charge on any atom is 0.253 e. The summed E-state index contributed by atoms with van der Waals surface area (Å²) in [6.07, 6.45) is 2.05. The van der Waals surface area contributed by atoms with E-state index in [0.29, 0.717) is 24.5 Å². The molecule has 6 nitrogen and oxygen atoms in total. The number of hydrogen-bond acceptors (Lipinski definition) is 6. The summed E-state index contributed by atoms with van der Waals surface area (Å²) >= 11 is 2.58. The van der Waals surface area contributed by atoms with Crippen LogP contribution in [0.1, 0.15) is 25.3 Å². The van der Waals surface area contributed by atoms with Gasteiger partial charge in [0, 0.05) is 6.54 Å². The van der Waals surface area contributed by atoms with Gasteiger partial charge in [-0.25, -0.2) is 13.4 Å². The van der Waals surface area contributed by atoms with E-state index in [0.717, 1.165) is 22.2 Å². The number of thiazole rings is 1. The second-order valence-electron chi connectivity index (χ2n) is 6.33. The van der Waals surface area contributed by atoms with Gasteiger partial charge in [-0.2, -0.15) is 4.31 Å². The number of benzene rings is 1. The van der Waals surface area contributed by atoms with Crippen molar-refractivity contribution in [2.24, 2.45) is 0 Å². The second kappa shape index (κ2) is 7.31. The molecule has 1 saturated heterocycles. The van der Waals surface area contributed by atoms with Crippen molar-refractivity contribution in [3.05, 3.63) is 41.3 Å². The molecule has 0 bridgehead atoms. The molecule has 3 aromatic rings. The summed E-state index contributed by atoms with van der Waals surface area (Å²) in [6, 6.07) is 8.57. The summed E-state index contributed by atoms with van der Waals surface area (Å²) in [4.78, 5) is 17.4. The van der Waals surface area contributed by atoms with Crippen LogP contribution in [0.3, 0.4) is 0 Å². The van der Waals surface area contributed by atoms with Gasteiger partial charge in [-0.15, -0.1) is 11.3 Å². The minimum Gasteiger partial charge on any atom is -0.301 e. The van der Waals surface area contributed by atoms with Crippen molar-refractivity contribution in [3.63, 3.8) is 0 Å². The van der Waals surface area contributed by atoms with E-state index < -0.39 is 16.1 Å². The zero-order valence-corrected chi connectivity index (χ0v) is 17.2. The van der Waals surface area contributed by atoms with E-state index in [1.165, 1.54) is 27.0 Å². The fourth-order valence-electron chi connectivity index (χ4n) is 3.35. The molecule has 0 saturated carbocycles. The fraction of sp³-hybridized carbons (Fsp3) is 0.333. The highest BCUT2D eigenvalue weighted by atomic mass is 32.2. The van der Waals surface area contributed by atoms with Crippen LogP contribution in [0.15, 0.2) is 39.9 Å². The third kappa shape index (κ3) is 3.40. The second-order valence-corrected chi connectivity index (χ2v) is 10.4. The van der Waals surface area contributed by atoms with Crippen LogP contribution in [0.5, 0.6) is 0 Å². The Labute approximate surface area is 165 Å². The number of amides is 1. The molecule has 27 heavy (non-hydrogen) atoms. The Bertz CT molecular complexity index is 1070. The quantitative estimate of drug-likeness (QED) is 0.681. The Morgan fingerprint density at radius 2 is 2.19 bits per heavy atom. The molecule has 1 aliphatic heterocycles. The van der Waals surface area contributed by atoms with Crippen LogP contribution in [0.25, 0.3) is 10.2 Å². The van der Waals surface area contributed by atoms with Crippen molar-refractivity contribution in [1.82, 2.24) is 9.29 Å². The van der Waals surface area contributed by atoms with E-state index in [9.17, 15) is 13.2 Å². The first-order valence-corrected chi connectivity index (χ1v) is 11.9. The predicted molar refractivity (Wildman–Crippen MR) is 109 cm³/mol. The molecule has 1 aliphatic rings. The summed E-state index contributed by atoms with van der Waals surface area (Å²) in [7, 11) is -3.64. The Kier molecular flexibility index (Phi) is 5.02. The summed E-state index contributed by atoms with van der Waals surface area (Å²) in [5, 5.41) is 5.07. The molecule has 0 aliphatic carbocycles. The van der Waals surface area contributed by atoms with Gasteiger partial charge in [0.25, 0.3) is 10.0 Å². The SMILES string of the molecule is CCc1cccc2sc(NC(=O)C3CCCN3S(=O)(=O)c3cccs3)nc12. The van der Waals surface area contributed by atoms with Crippen molar-refractivity contribution < 1.29 is 13.2 Å². The molecule has 1 aromatic carbocycles. The van der Waals surface area contributed by atoms with Crippen LogP contribution >= 0.6 is 22.7 Å². The standard InChI is InChI=1S/C18H19N3O3S3/c1-2-12-6-3-8-14-16(12)19-18(26-14)20-17(22)13-7-4-10-21(13)27(23,24)15-9-5-11-25-15/h3,5-6,8-9,11,13H,2,4,7,10H2,1H3,(H,19,20,22). The van der Waals surface area contributed by atoms with E-state index in [-0.39, 0.29) is 10.1 Å². The number of nitrogens with one attached hydrogen (secondary N) is 1. The Hall–Kier alpha value is -1.81. The molecule has 3 heterocycles. The van der Waals surface area contributed by atoms with Crippen LogP contribution in [0, 0.1) is 0 Å². The molecular weight excluding hydrogens is 402 g/mol. The van der Waals surface area contributed by atoms with Crippen LogP contribution in [0.2, 0.25) is 0 Å². The van der Waals surface area contributed by atoms with Gasteiger partial charge in [0.1, 0.15) is 10.3 Å². The summed E-state index contributed by atoms with van der Waals surface area (Å²) in [5.41, 5.74) is 2.03. The Morgan fingerprint density at radius 1 is 1.33 bits per heavy atom. The van der Waals surface area contributed by atoms with Crippen LogP contribution in [0.4, 0.5) is 5.13 Å². The van der Waals surface area contributed by atoms with Gasteiger partial charge in [0.05, 0.1) is 10.2 Å². The summed E-state index contributed by atoms with van der Waals surface area (Å²) in [6.45, 7) is 2.43. The average Bonchev–Trinajstić information content (AvgIpc) is 3.40. The van der Waals surface area contributed by atoms with Crippen molar-refractivity contribution in [3.8, 4) is 0 Å². The molecule has 1 N–H and O–H groups in total. The van der Waals surface area contributed by atoms with Crippen LogP contribution in [-0.2, 0) is 21.2 Å². The first kappa shape index (κ1) is 18.5. The molecular formula is C18H19N3O3S3. The predicted octanol–water partition coefficient (Wildman–Crippen LogP) is 3.71. The van der Waals surface area contributed by atoms with Gasteiger partial charge in [-0.05, 0) is 42.3 Å². The van der Waals surface area contributed by atoms with Gasteiger partial charge in [0.2, 0.25) is 5.91 Å². The smallest absolute Gasteiger partial charge is 0.253 e. The third-order valence-electron chi connectivity index (χ3n) is 4.68. The lowest BCUT2D eigenvalue weighted by atomic mass is 10.1. The maximum atomic E-state index is 12.8. The highest BCUT2D eigenvalue weighted by Crippen LogP contribution is 2.31. The Morgan fingerprint density at radius 3 is 2.93 bits per heavy atom. The molecule has 1 fully saturated rings. The zero-order valence-electron chi connectivity index (χ0n) is 14.7. The highest BCUT2D eigenvalue weighted by molar-refractivity contribution is 7.91. The van der Waals surface area contributed by atoms with Crippen molar-refractivity contribution >= 4 is 54.0 Å². The van der Waals surface area contributed by atoms with Crippen molar-refractivity contribution in [2.75, 3.05) is 11.9 Å². The van der Waals surface area contributed by atoms with Gasteiger partial charge < -0.3 is 5.32 Å². The number of carbonyl (C=O) groups is 1. The maximum absolute atomic E-state index is 12.8. The van der Waals surface area contributed by atoms with E-state index in [1.807, 2.05) is 18.2 Å². The van der Waals surface area contributed by atoms with Gasteiger partial charge >= 0.3 is 0 Å². The lowest BCUT2D eigenvalue weighted by Crippen LogP contribution is -2.42. The number of fused-ring (bicyclic) bond motifs is 1. The normalized spacial score (nSPS) is 18.2. The number of anilines is 1. The molecule has 4 rings (SSSR count). The number of aromatic nitrogens is 1. The number of hydrogen-bond donors (Lipinski definition) is 1. The first-order chi connectivity index (χ1) is 13.0. The lowest BCUT2D eigenvalue weighted by Gasteiger charge is -2.22. The van der Waals surface area contributed by atoms with E-state index in [2.05, 4.69) is 17.2 Å². The highest BCUT2D eigenvalue weighted by Gasteiger charge is 2.40. The zero-order chi connectivity index (χ0) is 19.0. The van der Waals surface area contributed by atoms with Crippen molar-refractivity contribution in [1.29, 1.82) is 0 Å². The molecule has 2 aromatic heterocycles. The Balaban J connectivity index is 1.57. The average molecular weight is 422 g/mol. The molecule has 0 radical (unpaired) electrons. The van der Waals surface area contributed by atoms with E-state index >= 15 is 0 Å². The third-order valence-corrected chi connectivity index (χ3v) is 8.90. The van der Waals surface area contributed by atoms with E-state index in [1.54, 1.807) is 17.5 Å². The van der Waals surface area contributed by atoms with Crippen molar-refractivity contribution in [2.45, 2.75) is 36.4 Å². The van der Waals surface area contributed by atoms with Crippen LogP contribution in [-0.4, -0.2) is 36.2 Å². The van der Waals surface area contributed by atoms with Crippen LogP contribution < -0.4 is 5.32 Å². The minimum atomic E-state index is -3.64. The first-order valence-electron chi connectivity index (χ1n) is 8.75. The fourth-order valence-corrected chi connectivity index (χ4v) is 7.04. The summed E-state index contributed by atoms with van der Waals surface area (Å²) < 4.78 is 28.3. The lowest BCUT2D eigenvalue weighted by molar-refractivity contribution is -0.119. The topological polar surface area (TPSA) is 79.4 Å². The summed E-state index contributed by atoms with van der Waals surface area (Å²) in [5.74, 6) is -0.315. The number of aryl methyl sites for hydroxylation is 1. The van der Waals surface area contributed by atoms with Gasteiger partial charge in [0.15, 0.2) is 5.13 Å². The molecule has 1 unspecified atom stereocenters. The minimum absolute atomic E-state index is 0.273. The van der Waals surface area contributed by atoms with Gasteiger partial charge in [-0.1, -0.05) is 36.5 Å². The number of thiophene rings is 1. The number of rotatable bonds is 5.